The highest BCUT2D eigenvalue weighted by atomic mass is 79.9. The van der Waals surface area contributed by atoms with Gasteiger partial charge in [-0.15, -0.1) is 0 Å². The highest BCUT2D eigenvalue weighted by molar-refractivity contribution is 9.10. The molecule has 21 heavy (non-hydrogen) atoms. The van der Waals surface area contributed by atoms with Crippen LogP contribution in [0.5, 0.6) is 0 Å². The van der Waals surface area contributed by atoms with E-state index in [1.165, 1.54) is 18.9 Å². The van der Waals surface area contributed by atoms with Gasteiger partial charge in [0.15, 0.2) is 0 Å². The maximum Gasteiger partial charge on any atom is 0.126 e. The molecule has 0 bridgehead atoms. The van der Waals surface area contributed by atoms with E-state index in [1.807, 2.05) is 6.07 Å². The molecule has 1 atom stereocenters. The van der Waals surface area contributed by atoms with E-state index in [-0.39, 0.29) is 17.5 Å². The Bertz CT molecular complexity index is 460. The molecule has 1 N–H and O–H groups in total. The number of hydrogen-bond donors (Lipinski definition) is 1. The fraction of sp³-hybridized carbons (Fsp3) is 0.647. The molecule has 2 rings (SSSR count). The van der Waals surface area contributed by atoms with E-state index in [9.17, 15) is 4.39 Å². The molecule has 1 aromatic rings. The monoisotopic (exact) mass is 357 g/mol. The smallest absolute Gasteiger partial charge is 0.126 e. The summed E-state index contributed by atoms with van der Waals surface area (Å²) in [6.45, 7) is 3.09. The Morgan fingerprint density at radius 2 is 2.10 bits per heavy atom. The molecule has 1 aliphatic carbocycles. The maximum absolute atomic E-state index is 14.1. The van der Waals surface area contributed by atoms with Gasteiger partial charge in [0.05, 0.1) is 5.60 Å². The van der Waals surface area contributed by atoms with Crippen molar-refractivity contribution >= 4 is 15.9 Å². The lowest BCUT2D eigenvalue weighted by molar-refractivity contribution is -0.0356. The second kappa shape index (κ2) is 7.70. The fourth-order valence-electron chi connectivity index (χ4n) is 3.35. The molecule has 0 radical (unpaired) electrons. The highest BCUT2D eigenvalue weighted by Gasteiger charge is 2.41. The van der Waals surface area contributed by atoms with E-state index in [4.69, 9.17) is 4.74 Å². The van der Waals surface area contributed by atoms with E-state index in [1.54, 1.807) is 13.2 Å². The van der Waals surface area contributed by atoms with Crippen molar-refractivity contribution in [3.63, 3.8) is 0 Å². The Morgan fingerprint density at radius 3 is 2.71 bits per heavy atom. The highest BCUT2D eigenvalue weighted by Crippen LogP contribution is 2.37. The summed E-state index contributed by atoms with van der Waals surface area (Å²) in [5.74, 6) is -0.134. The van der Waals surface area contributed by atoms with Gasteiger partial charge in [0.2, 0.25) is 0 Å². The van der Waals surface area contributed by atoms with E-state index in [0.29, 0.717) is 6.42 Å². The van der Waals surface area contributed by atoms with Crippen molar-refractivity contribution in [2.24, 2.45) is 0 Å². The Kier molecular flexibility index (Phi) is 6.20. The van der Waals surface area contributed by atoms with E-state index >= 15 is 0 Å². The average molecular weight is 358 g/mol. The Balaban J connectivity index is 2.21. The lowest BCUT2D eigenvalue weighted by Crippen LogP contribution is -2.52. The first kappa shape index (κ1) is 16.9. The molecular weight excluding hydrogens is 333 g/mol. The van der Waals surface area contributed by atoms with Gasteiger partial charge in [-0.3, -0.25) is 0 Å². The molecule has 0 saturated heterocycles. The number of methoxy groups -OCH3 is 1. The zero-order valence-electron chi connectivity index (χ0n) is 12.9. The van der Waals surface area contributed by atoms with Crippen molar-refractivity contribution in [3.05, 3.63) is 34.1 Å². The van der Waals surface area contributed by atoms with Gasteiger partial charge in [0, 0.05) is 17.6 Å². The number of ether oxygens (including phenoxy) is 1. The lowest BCUT2D eigenvalue weighted by atomic mass is 9.87. The molecule has 0 aliphatic heterocycles. The van der Waals surface area contributed by atoms with Gasteiger partial charge in [-0.25, -0.2) is 4.39 Å². The molecule has 1 fully saturated rings. The van der Waals surface area contributed by atoms with Crippen molar-refractivity contribution in [1.82, 2.24) is 5.32 Å². The minimum absolute atomic E-state index is 0.134. The van der Waals surface area contributed by atoms with Crippen molar-refractivity contribution < 1.29 is 9.13 Å². The molecule has 1 aliphatic rings. The van der Waals surface area contributed by atoms with Crippen LogP contribution in [0.25, 0.3) is 0 Å². The molecule has 4 heteroatoms. The molecule has 1 saturated carbocycles. The van der Waals surface area contributed by atoms with Gasteiger partial charge >= 0.3 is 0 Å². The van der Waals surface area contributed by atoms with Gasteiger partial charge in [0.25, 0.3) is 0 Å². The van der Waals surface area contributed by atoms with E-state index < -0.39 is 0 Å². The number of benzene rings is 1. The molecule has 1 aromatic carbocycles. The van der Waals surface area contributed by atoms with Crippen LogP contribution in [0.1, 0.15) is 44.6 Å². The summed E-state index contributed by atoms with van der Waals surface area (Å²) in [4.78, 5) is 0. The van der Waals surface area contributed by atoms with Gasteiger partial charge in [-0.05, 0) is 56.0 Å². The van der Waals surface area contributed by atoms with Crippen LogP contribution in [0.2, 0.25) is 0 Å². The van der Waals surface area contributed by atoms with E-state index in [2.05, 4.69) is 28.2 Å². The number of rotatable bonds is 7. The van der Waals surface area contributed by atoms with Crippen molar-refractivity contribution in [2.45, 2.75) is 57.1 Å². The molecule has 1 unspecified atom stereocenters. The van der Waals surface area contributed by atoms with Crippen molar-refractivity contribution in [2.75, 3.05) is 13.7 Å². The second-order valence-electron chi connectivity index (χ2n) is 5.92. The summed E-state index contributed by atoms with van der Waals surface area (Å²) in [5, 5.41) is 3.59. The summed E-state index contributed by atoms with van der Waals surface area (Å²) in [5.41, 5.74) is 0.602. The normalized spacial score (nSPS) is 18.9. The summed E-state index contributed by atoms with van der Waals surface area (Å²) in [6.07, 6.45) is 6.23. The van der Waals surface area contributed by atoms with Crippen LogP contribution in [0.15, 0.2) is 22.7 Å². The third-order valence-corrected chi connectivity index (χ3v) is 5.06. The van der Waals surface area contributed by atoms with Gasteiger partial charge in [-0.2, -0.15) is 0 Å². The lowest BCUT2D eigenvalue weighted by Gasteiger charge is -2.37. The molecular formula is C17H25BrFNO. The Morgan fingerprint density at radius 1 is 1.38 bits per heavy atom. The molecule has 0 spiro atoms. The minimum atomic E-state index is -0.149. The first-order valence-electron chi connectivity index (χ1n) is 7.84. The van der Waals surface area contributed by atoms with E-state index in [0.717, 1.165) is 35.8 Å². The predicted molar refractivity (Wildman–Crippen MR) is 88.1 cm³/mol. The molecule has 118 valence electrons. The third kappa shape index (κ3) is 4.05. The standard InChI is InChI=1S/C17H25BrFNO/c1-3-10-20-16(17(21-2)8-4-5-9-17)12-13-11-14(18)6-7-15(13)19/h6-7,11,16,20H,3-5,8-10,12H2,1-2H3. The largest absolute Gasteiger partial charge is 0.377 e. The van der Waals surface area contributed by atoms with Crippen LogP contribution in [-0.4, -0.2) is 25.3 Å². The first-order valence-corrected chi connectivity index (χ1v) is 8.63. The molecule has 0 aromatic heterocycles. The topological polar surface area (TPSA) is 21.3 Å². The minimum Gasteiger partial charge on any atom is -0.377 e. The average Bonchev–Trinajstić information content (AvgIpc) is 2.97. The number of halogens is 2. The number of hydrogen-bond acceptors (Lipinski definition) is 2. The predicted octanol–water partition coefficient (Wildman–Crippen LogP) is 4.46. The van der Waals surface area contributed by atoms with Gasteiger partial charge < -0.3 is 10.1 Å². The Hall–Kier alpha value is -0.450. The SMILES string of the molecule is CCCNC(Cc1cc(Br)ccc1F)C1(OC)CCCC1. The van der Waals surface area contributed by atoms with Gasteiger partial charge in [0.1, 0.15) is 5.82 Å². The van der Waals surface area contributed by atoms with Crippen molar-refractivity contribution in [3.8, 4) is 0 Å². The third-order valence-electron chi connectivity index (χ3n) is 4.56. The molecule has 0 amide bonds. The summed E-state index contributed by atoms with van der Waals surface area (Å²) >= 11 is 3.43. The fourth-order valence-corrected chi connectivity index (χ4v) is 3.76. The Labute approximate surface area is 135 Å². The van der Waals surface area contributed by atoms with Crippen LogP contribution in [0, 0.1) is 5.82 Å². The zero-order chi connectivity index (χ0) is 15.3. The summed E-state index contributed by atoms with van der Waals surface area (Å²) in [6, 6.07) is 5.32. The molecule has 0 heterocycles. The quantitative estimate of drug-likeness (QED) is 0.777. The summed E-state index contributed by atoms with van der Waals surface area (Å²) in [7, 11) is 1.79. The van der Waals surface area contributed by atoms with Crippen LogP contribution >= 0.6 is 15.9 Å². The summed E-state index contributed by atoms with van der Waals surface area (Å²) < 4.78 is 20.9. The zero-order valence-corrected chi connectivity index (χ0v) is 14.5. The maximum atomic E-state index is 14.1. The second-order valence-corrected chi connectivity index (χ2v) is 6.84. The van der Waals surface area contributed by atoms with Crippen molar-refractivity contribution in [1.29, 1.82) is 0 Å². The first-order chi connectivity index (χ1) is 10.1. The van der Waals surface area contributed by atoms with Crippen LogP contribution in [-0.2, 0) is 11.2 Å². The van der Waals surface area contributed by atoms with Crippen LogP contribution < -0.4 is 5.32 Å². The molecule has 2 nitrogen and oxygen atoms in total. The number of nitrogens with one attached hydrogen (secondary N) is 1. The van der Waals surface area contributed by atoms with Crippen LogP contribution in [0.3, 0.4) is 0 Å². The van der Waals surface area contributed by atoms with Crippen LogP contribution in [0.4, 0.5) is 4.39 Å². The van der Waals surface area contributed by atoms with Gasteiger partial charge in [-0.1, -0.05) is 35.7 Å².